The maximum Gasteiger partial charge on any atom is 0.254 e. The Labute approximate surface area is 106 Å². The van der Waals surface area contributed by atoms with Gasteiger partial charge in [-0.2, -0.15) is 0 Å². The van der Waals surface area contributed by atoms with Crippen molar-refractivity contribution in [2.75, 3.05) is 13.1 Å². The van der Waals surface area contributed by atoms with Crippen LogP contribution in [0.4, 0.5) is 0 Å². The molecule has 0 N–H and O–H groups in total. The summed E-state index contributed by atoms with van der Waals surface area (Å²) in [6.45, 7) is 5.26. The fourth-order valence-corrected chi connectivity index (χ4v) is 2.24. The highest BCUT2D eigenvalue weighted by Gasteiger charge is 2.26. The van der Waals surface area contributed by atoms with Crippen LogP contribution in [0.3, 0.4) is 0 Å². The van der Waals surface area contributed by atoms with Crippen LogP contribution < -0.4 is 0 Å². The standard InChI is InChI=1S/C13H16ClNO2/c1-9-7-15(8-10(2)17-9)13(16)11-3-5-12(14)6-4-11/h3-6,9-10H,7-8H2,1-2H3/t9-,10+. The van der Waals surface area contributed by atoms with Crippen LogP contribution in [-0.4, -0.2) is 36.1 Å². The molecule has 1 aliphatic heterocycles. The molecule has 0 aliphatic carbocycles. The van der Waals surface area contributed by atoms with E-state index in [1.54, 1.807) is 24.3 Å². The van der Waals surface area contributed by atoms with Crippen LogP contribution in [-0.2, 0) is 4.74 Å². The molecule has 1 heterocycles. The van der Waals surface area contributed by atoms with E-state index in [1.165, 1.54) is 0 Å². The summed E-state index contributed by atoms with van der Waals surface area (Å²) in [5.41, 5.74) is 0.677. The lowest BCUT2D eigenvalue weighted by Crippen LogP contribution is -2.48. The normalized spacial score (nSPS) is 24.8. The van der Waals surface area contributed by atoms with Crippen LogP contribution in [0.25, 0.3) is 0 Å². The number of halogens is 1. The van der Waals surface area contributed by atoms with Gasteiger partial charge in [0.2, 0.25) is 0 Å². The number of amides is 1. The van der Waals surface area contributed by atoms with Crippen LogP contribution in [0.1, 0.15) is 24.2 Å². The molecule has 2 rings (SSSR count). The molecule has 17 heavy (non-hydrogen) atoms. The fourth-order valence-electron chi connectivity index (χ4n) is 2.12. The third-order valence-electron chi connectivity index (χ3n) is 2.80. The topological polar surface area (TPSA) is 29.5 Å². The van der Waals surface area contributed by atoms with Crippen molar-refractivity contribution < 1.29 is 9.53 Å². The van der Waals surface area contributed by atoms with E-state index in [0.29, 0.717) is 23.7 Å². The highest BCUT2D eigenvalue weighted by atomic mass is 35.5. The van der Waals surface area contributed by atoms with E-state index >= 15 is 0 Å². The SMILES string of the molecule is C[C@@H]1CN(C(=O)c2ccc(Cl)cc2)C[C@H](C)O1. The zero-order chi connectivity index (χ0) is 12.4. The number of hydrogen-bond donors (Lipinski definition) is 0. The summed E-state index contributed by atoms with van der Waals surface area (Å²) in [5.74, 6) is 0.0451. The van der Waals surface area contributed by atoms with Crippen LogP contribution in [0.5, 0.6) is 0 Å². The third-order valence-corrected chi connectivity index (χ3v) is 3.05. The molecule has 0 bridgehead atoms. The molecular weight excluding hydrogens is 238 g/mol. The third kappa shape index (κ3) is 2.99. The van der Waals surface area contributed by atoms with Gasteiger partial charge in [0.1, 0.15) is 0 Å². The molecule has 92 valence electrons. The first-order chi connectivity index (χ1) is 8.06. The molecule has 1 saturated heterocycles. The number of morpholine rings is 1. The minimum absolute atomic E-state index is 0.0451. The summed E-state index contributed by atoms with van der Waals surface area (Å²) in [7, 11) is 0. The lowest BCUT2D eigenvalue weighted by atomic mass is 10.1. The number of nitrogens with zero attached hydrogens (tertiary/aromatic N) is 1. The van der Waals surface area contributed by atoms with Crippen LogP contribution in [0, 0.1) is 0 Å². The summed E-state index contributed by atoms with van der Waals surface area (Å²) in [4.78, 5) is 14.1. The maximum absolute atomic E-state index is 12.2. The van der Waals surface area contributed by atoms with Gasteiger partial charge in [-0.1, -0.05) is 11.6 Å². The molecule has 0 saturated carbocycles. The predicted molar refractivity (Wildman–Crippen MR) is 67.4 cm³/mol. The summed E-state index contributed by atoms with van der Waals surface area (Å²) >= 11 is 5.80. The molecule has 1 aromatic carbocycles. The maximum atomic E-state index is 12.2. The molecule has 1 amide bonds. The number of carbonyl (C=O) groups is 1. The Morgan fingerprint density at radius 2 is 1.76 bits per heavy atom. The van der Waals surface area contributed by atoms with Gasteiger partial charge in [-0.25, -0.2) is 0 Å². The van der Waals surface area contributed by atoms with E-state index in [1.807, 2.05) is 18.7 Å². The second kappa shape index (κ2) is 5.07. The lowest BCUT2D eigenvalue weighted by Gasteiger charge is -2.35. The number of benzene rings is 1. The molecule has 0 radical (unpaired) electrons. The van der Waals surface area contributed by atoms with Crippen LogP contribution >= 0.6 is 11.6 Å². The summed E-state index contributed by atoms with van der Waals surface area (Å²) < 4.78 is 5.61. The second-order valence-corrected chi connectivity index (χ2v) is 4.91. The Balaban J connectivity index is 2.11. The number of ether oxygens (including phenoxy) is 1. The highest BCUT2D eigenvalue weighted by molar-refractivity contribution is 6.30. The van der Waals surface area contributed by atoms with Gasteiger partial charge in [-0.05, 0) is 38.1 Å². The van der Waals surface area contributed by atoms with Crippen LogP contribution in [0.2, 0.25) is 5.02 Å². The number of rotatable bonds is 1. The lowest BCUT2D eigenvalue weighted by molar-refractivity contribution is -0.0586. The van der Waals surface area contributed by atoms with E-state index in [-0.39, 0.29) is 18.1 Å². The van der Waals surface area contributed by atoms with Gasteiger partial charge in [0, 0.05) is 23.7 Å². The van der Waals surface area contributed by atoms with Gasteiger partial charge < -0.3 is 9.64 Å². The molecular formula is C13H16ClNO2. The van der Waals surface area contributed by atoms with Gasteiger partial charge in [-0.15, -0.1) is 0 Å². The van der Waals surface area contributed by atoms with E-state index in [4.69, 9.17) is 16.3 Å². The molecule has 0 spiro atoms. The van der Waals surface area contributed by atoms with Gasteiger partial charge in [0.05, 0.1) is 12.2 Å². The minimum Gasteiger partial charge on any atom is -0.372 e. The zero-order valence-corrected chi connectivity index (χ0v) is 10.8. The average molecular weight is 254 g/mol. The molecule has 3 nitrogen and oxygen atoms in total. The Morgan fingerprint density at radius 3 is 2.29 bits per heavy atom. The molecule has 1 aliphatic rings. The Hall–Kier alpha value is -1.06. The Kier molecular flexibility index (Phi) is 3.69. The van der Waals surface area contributed by atoms with Crippen molar-refractivity contribution in [3.8, 4) is 0 Å². The first-order valence-electron chi connectivity index (χ1n) is 5.76. The van der Waals surface area contributed by atoms with Crippen molar-refractivity contribution >= 4 is 17.5 Å². The molecule has 1 fully saturated rings. The molecule has 4 heteroatoms. The molecule has 2 atom stereocenters. The zero-order valence-electron chi connectivity index (χ0n) is 10.0. The highest BCUT2D eigenvalue weighted by Crippen LogP contribution is 2.16. The Bertz CT molecular complexity index is 394. The number of hydrogen-bond acceptors (Lipinski definition) is 2. The van der Waals surface area contributed by atoms with Crippen LogP contribution in [0.15, 0.2) is 24.3 Å². The predicted octanol–water partition coefficient (Wildman–Crippen LogP) is 2.59. The van der Waals surface area contributed by atoms with Gasteiger partial charge in [0.25, 0.3) is 5.91 Å². The second-order valence-electron chi connectivity index (χ2n) is 4.47. The Morgan fingerprint density at radius 1 is 1.24 bits per heavy atom. The van der Waals surface area contributed by atoms with E-state index in [9.17, 15) is 4.79 Å². The monoisotopic (exact) mass is 253 g/mol. The summed E-state index contributed by atoms with van der Waals surface area (Å²) in [5, 5.41) is 0.644. The van der Waals surface area contributed by atoms with Gasteiger partial charge in [-0.3, -0.25) is 4.79 Å². The quantitative estimate of drug-likeness (QED) is 0.770. The van der Waals surface area contributed by atoms with Gasteiger partial charge >= 0.3 is 0 Å². The van der Waals surface area contributed by atoms with Crippen molar-refractivity contribution in [3.63, 3.8) is 0 Å². The number of carbonyl (C=O) groups excluding carboxylic acids is 1. The first kappa shape index (κ1) is 12.4. The molecule has 1 aromatic rings. The first-order valence-corrected chi connectivity index (χ1v) is 6.14. The van der Waals surface area contributed by atoms with Crippen molar-refractivity contribution in [1.29, 1.82) is 0 Å². The largest absolute Gasteiger partial charge is 0.372 e. The van der Waals surface area contributed by atoms with Crippen molar-refractivity contribution in [2.24, 2.45) is 0 Å². The van der Waals surface area contributed by atoms with E-state index in [2.05, 4.69) is 0 Å². The summed E-state index contributed by atoms with van der Waals surface area (Å²) in [6, 6.07) is 7.00. The van der Waals surface area contributed by atoms with Crippen molar-refractivity contribution in [2.45, 2.75) is 26.1 Å². The fraction of sp³-hybridized carbons (Fsp3) is 0.462. The van der Waals surface area contributed by atoms with Gasteiger partial charge in [0.15, 0.2) is 0 Å². The minimum atomic E-state index is 0.0451. The summed E-state index contributed by atoms with van der Waals surface area (Å²) in [6.07, 6.45) is 0.185. The smallest absolute Gasteiger partial charge is 0.254 e. The average Bonchev–Trinajstić information content (AvgIpc) is 2.28. The molecule has 0 aromatic heterocycles. The van der Waals surface area contributed by atoms with E-state index < -0.39 is 0 Å². The van der Waals surface area contributed by atoms with Crippen molar-refractivity contribution in [1.82, 2.24) is 4.90 Å². The van der Waals surface area contributed by atoms with E-state index in [0.717, 1.165) is 0 Å². The molecule has 0 unspecified atom stereocenters. The van der Waals surface area contributed by atoms with Crippen molar-refractivity contribution in [3.05, 3.63) is 34.9 Å².